The third kappa shape index (κ3) is 2.56. The molecule has 0 amide bonds. The quantitative estimate of drug-likeness (QED) is 0.869. The van der Waals surface area contributed by atoms with Crippen molar-refractivity contribution in [2.45, 2.75) is 44.9 Å². The van der Waals surface area contributed by atoms with E-state index in [2.05, 4.69) is 13.8 Å². The number of hydrogen-bond acceptors (Lipinski definition) is 3. The molecule has 1 saturated heterocycles. The first-order valence-electron chi connectivity index (χ1n) is 7.21. The van der Waals surface area contributed by atoms with Crippen LogP contribution in [0.25, 0.3) is 0 Å². The van der Waals surface area contributed by atoms with Gasteiger partial charge in [0, 0.05) is 18.8 Å². The van der Waals surface area contributed by atoms with Crippen LogP contribution in [0.1, 0.15) is 38.7 Å². The number of nitrogens with zero attached hydrogens (tertiary/aromatic N) is 1. The van der Waals surface area contributed by atoms with Gasteiger partial charge in [-0.15, -0.1) is 0 Å². The summed E-state index contributed by atoms with van der Waals surface area (Å²) in [5.74, 6) is 0. The molecule has 1 aliphatic rings. The van der Waals surface area contributed by atoms with Crippen molar-refractivity contribution in [2.24, 2.45) is 5.41 Å². The summed E-state index contributed by atoms with van der Waals surface area (Å²) >= 11 is 0. The topological polar surface area (TPSA) is 63.4 Å². The Labute approximate surface area is 122 Å². The minimum absolute atomic E-state index is 0.149. The number of nitrogen functional groups attached to an aromatic ring is 1. The van der Waals surface area contributed by atoms with E-state index < -0.39 is 10.0 Å². The second kappa shape index (κ2) is 5.37. The molecule has 4 nitrogen and oxygen atoms in total. The van der Waals surface area contributed by atoms with Gasteiger partial charge in [-0.2, -0.15) is 4.31 Å². The van der Waals surface area contributed by atoms with Gasteiger partial charge in [0.15, 0.2) is 0 Å². The SMILES string of the molecule is CCC1(CC)CCN(S(=O)(=O)c2ccc(N)c(C)c2)C1. The maximum Gasteiger partial charge on any atom is 0.243 e. The number of anilines is 1. The van der Waals surface area contributed by atoms with Crippen LogP contribution in [-0.4, -0.2) is 25.8 Å². The van der Waals surface area contributed by atoms with E-state index in [0.29, 0.717) is 23.7 Å². The van der Waals surface area contributed by atoms with Gasteiger partial charge in [-0.3, -0.25) is 0 Å². The molecule has 1 aromatic carbocycles. The highest BCUT2D eigenvalue weighted by molar-refractivity contribution is 7.89. The summed E-state index contributed by atoms with van der Waals surface area (Å²) in [5.41, 5.74) is 7.35. The fourth-order valence-electron chi connectivity index (χ4n) is 2.88. The monoisotopic (exact) mass is 296 g/mol. The van der Waals surface area contributed by atoms with Crippen LogP contribution in [0.2, 0.25) is 0 Å². The number of nitrogens with two attached hydrogens (primary N) is 1. The molecule has 20 heavy (non-hydrogen) atoms. The lowest BCUT2D eigenvalue weighted by molar-refractivity contribution is 0.279. The van der Waals surface area contributed by atoms with E-state index in [1.807, 2.05) is 6.92 Å². The second-order valence-corrected chi connectivity index (χ2v) is 7.75. The highest BCUT2D eigenvalue weighted by Gasteiger charge is 2.40. The Morgan fingerprint density at radius 3 is 2.45 bits per heavy atom. The first-order valence-corrected chi connectivity index (χ1v) is 8.65. The van der Waals surface area contributed by atoms with Crippen molar-refractivity contribution < 1.29 is 8.42 Å². The third-order valence-electron chi connectivity index (χ3n) is 4.78. The summed E-state index contributed by atoms with van der Waals surface area (Å²) in [7, 11) is -3.39. The van der Waals surface area contributed by atoms with Crippen molar-refractivity contribution in [1.29, 1.82) is 0 Å². The summed E-state index contributed by atoms with van der Waals surface area (Å²) in [6, 6.07) is 4.95. The summed E-state index contributed by atoms with van der Waals surface area (Å²) in [6.45, 7) is 7.37. The fraction of sp³-hybridized carbons (Fsp3) is 0.600. The zero-order chi connectivity index (χ0) is 15.0. The van der Waals surface area contributed by atoms with Crippen molar-refractivity contribution >= 4 is 15.7 Å². The van der Waals surface area contributed by atoms with E-state index in [1.165, 1.54) is 0 Å². The molecular weight excluding hydrogens is 272 g/mol. The number of benzene rings is 1. The van der Waals surface area contributed by atoms with Crippen LogP contribution < -0.4 is 5.73 Å². The molecule has 112 valence electrons. The molecular formula is C15H24N2O2S. The summed E-state index contributed by atoms with van der Waals surface area (Å²) < 4.78 is 27.0. The van der Waals surface area contributed by atoms with Crippen molar-refractivity contribution in [3.63, 3.8) is 0 Å². The minimum Gasteiger partial charge on any atom is -0.399 e. The Morgan fingerprint density at radius 1 is 1.30 bits per heavy atom. The van der Waals surface area contributed by atoms with Gasteiger partial charge >= 0.3 is 0 Å². The Kier molecular flexibility index (Phi) is 4.12. The van der Waals surface area contributed by atoms with Gasteiger partial charge in [0.25, 0.3) is 0 Å². The van der Waals surface area contributed by atoms with Crippen LogP contribution in [0, 0.1) is 12.3 Å². The van der Waals surface area contributed by atoms with Crippen LogP contribution in [0.5, 0.6) is 0 Å². The summed E-state index contributed by atoms with van der Waals surface area (Å²) in [5, 5.41) is 0. The van der Waals surface area contributed by atoms with Crippen molar-refractivity contribution in [3.05, 3.63) is 23.8 Å². The van der Waals surface area contributed by atoms with Crippen LogP contribution in [0.4, 0.5) is 5.69 Å². The van der Waals surface area contributed by atoms with Gasteiger partial charge in [0.2, 0.25) is 10.0 Å². The summed E-state index contributed by atoms with van der Waals surface area (Å²) in [6.07, 6.45) is 3.00. The highest BCUT2D eigenvalue weighted by atomic mass is 32.2. The normalized spacial score (nSPS) is 19.4. The first-order chi connectivity index (χ1) is 9.34. The predicted molar refractivity (Wildman–Crippen MR) is 82.0 cm³/mol. The van der Waals surface area contributed by atoms with Gasteiger partial charge in [0.05, 0.1) is 4.90 Å². The van der Waals surface area contributed by atoms with Gasteiger partial charge in [0.1, 0.15) is 0 Å². The summed E-state index contributed by atoms with van der Waals surface area (Å²) in [4.78, 5) is 0.354. The van der Waals surface area contributed by atoms with Crippen LogP contribution in [0.3, 0.4) is 0 Å². The molecule has 0 bridgehead atoms. The van der Waals surface area contributed by atoms with Crippen LogP contribution in [0.15, 0.2) is 23.1 Å². The van der Waals surface area contributed by atoms with Gasteiger partial charge in [-0.1, -0.05) is 13.8 Å². The number of hydrogen-bond donors (Lipinski definition) is 1. The smallest absolute Gasteiger partial charge is 0.243 e. The molecule has 2 N–H and O–H groups in total. The van der Waals surface area contributed by atoms with Crippen molar-refractivity contribution in [3.8, 4) is 0 Å². The molecule has 0 unspecified atom stereocenters. The molecule has 0 aliphatic carbocycles. The van der Waals surface area contributed by atoms with E-state index in [9.17, 15) is 8.42 Å². The molecule has 1 aromatic rings. The maximum absolute atomic E-state index is 12.7. The molecule has 0 saturated carbocycles. The first kappa shape index (κ1) is 15.3. The van der Waals surface area contributed by atoms with E-state index in [0.717, 1.165) is 24.8 Å². The predicted octanol–water partition coefficient (Wildman–Crippen LogP) is 2.78. The minimum atomic E-state index is -3.39. The largest absolute Gasteiger partial charge is 0.399 e. The lowest BCUT2D eigenvalue weighted by atomic mass is 9.82. The number of sulfonamides is 1. The standard InChI is InChI=1S/C15H24N2O2S/c1-4-15(5-2)8-9-17(11-15)20(18,19)13-6-7-14(16)12(3)10-13/h6-7,10H,4-5,8-9,11,16H2,1-3H3. The van der Waals surface area contributed by atoms with E-state index in [-0.39, 0.29) is 5.41 Å². The molecule has 1 aliphatic heterocycles. The molecule has 0 radical (unpaired) electrons. The maximum atomic E-state index is 12.7. The zero-order valence-electron chi connectivity index (χ0n) is 12.5. The fourth-order valence-corrected chi connectivity index (χ4v) is 4.52. The average Bonchev–Trinajstić information content (AvgIpc) is 2.87. The van der Waals surface area contributed by atoms with Crippen molar-refractivity contribution in [1.82, 2.24) is 4.31 Å². The number of rotatable bonds is 4. The second-order valence-electron chi connectivity index (χ2n) is 5.81. The third-order valence-corrected chi connectivity index (χ3v) is 6.62. The van der Waals surface area contributed by atoms with Crippen LogP contribution >= 0.6 is 0 Å². The van der Waals surface area contributed by atoms with E-state index in [1.54, 1.807) is 22.5 Å². The van der Waals surface area contributed by atoms with Gasteiger partial charge < -0.3 is 5.73 Å². The van der Waals surface area contributed by atoms with Gasteiger partial charge in [-0.25, -0.2) is 8.42 Å². The lowest BCUT2D eigenvalue weighted by Gasteiger charge is -2.26. The van der Waals surface area contributed by atoms with Gasteiger partial charge in [-0.05, 0) is 55.4 Å². The molecule has 1 heterocycles. The molecule has 0 aromatic heterocycles. The molecule has 2 rings (SSSR count). The molecule has 0 spiro atoms. The Hall–Kier alpha value is -1.07. The lowest BCUT2D eigenvalue weighted by Crippen LogP contribution is -2.32. The molecule has 1 fully saturated rings. The highest BCUT2D eigenvalue weighted by Crippen LogP contribution is 2.39. The molecule has 0 atom stereocenters. The molecule has 5 heteroatoms. The average molecular weight is 296 g/mol. The number of aryl methyl sites for hydroxylation is 1. The Balaban J connectivity index is 2.30. The Bertz CT molecular complexity index is 592. The van der Waals surface area contributed by atoms with E-state index >= 15 is 0 Å². The van der Waals surface area contributed by atoms with E-state index in [4.69, 9.17) is 5.73 Å². The zero-order valence-corrected chi connectivity index (χ0v) is 13.3. The van der Waals surface area contributed by atoms with Crippen LogP contribution in [-0.2, 0) is 10.0 Å². The van der Waals surface area contributed by atoms with Crippen molar-refractivity contribution in [2.75, 3.05) is 18.8 Å². The Morgan fingerprint density at radius 2 is 1.95 bits per heavy atom.